The van der Waals surface area contributed by atoms with Crippen LogP contribution in [0, 0.1) is 0 Å². The minimum absolute atomic E-state index is 0.0482. The summed E-state index contributed by atoms with van der Waals surface area (Å²) in [4.78, 5) is 19.1. The summed E-state index contributed by atoms with van der Waals surface area (Å²) in [6.45, 7) is 0. The molecule has 0 radical (unpaired) electrons. The van der Waals surface area contributed by atoms with Gasteiger partial charge in [0.05, 0.1) is 27.3 Å². The number of furan rings is 1. The van der Waals surface area contributed by atoms with E-state index in [1.165, 1.54) is 0 Å². The average molecular weight is 441 g/mol. The largest absolute Gasteiger partial charge is 0.446 e. The number of anilines is 2. The van der Waals surface area contributed by atoms with Gasteiger partial charge < -0.3 is 20.4 Å². The van der Waals surface area contributed by atoms with Crippen LogP contribution < -0.4 is 16.0 Å². The Bertz CT molecular complexity index is 1150. The van der Waals surface area contributed by atoms with E-state index in [1.807, 2.05) is 41.3 Å². The molecule has 1 saturated carbocycles. The molecule has 1 aliphatic carbocycles. The van der Waals surface area contributed by atoms with Gasteiger partial charge in [-0.15, -0.1) is 0 Å². The van der Waals surface area contributed by atoms with Gasteiger partial charge in [-0.1, -0.05) is 29.3 Å². The number of rotatable bonds is 4. The smallest absolute Gasteiger partial charge is 0.235 e. The maximum atomic E-state index is 13.0. The number of halogens is 2. The van der Waals surface area contributed by atoms with Gasteiger partial charge in [-0.05, 0) is 60.9 Å². The highest BCUT2D eigenvalue weighted by atomic mass is 35.5. The van der Waals surface area contributed by atoms with Gasteiger partial charge in [0.15, 0.2) is 0 Å². The van der Waals surface area contributed by atoms with Crippen molar-refractivity contribution >= 4 is 52.7 Å². The molecule has 30 heavy (non-hydrogen) atoms. The Labute approximate surface area is 183 Å². The van der Waals surface area contributed by atoms with Crippen molar-refractivity contribution in [2.24, 2.45) is 10.7 Å². The molecule has 1 amide bonds. The van der Waals surface area contributed by atoms with Gasteiger partial charge in [-0.2, -0.15) is 0 Å². The van der Waals surface area contributed by atoms with Crippen LogP contribution in [0.5, 0.6) is 0 Å². The van der Waals surface area contributed by atoms with Crippen LogP contribution in [0.4, 0.5) is 17.3 Å². The van der Waals surface area contributed by atoms with Crippen molar-refractivity contribution in [3.05, 3.63) is 76.0 Å². The van der Waals surface area contributed by atoms with Crippen LogP contribution in [0.1, 0.15) is 30.1 Å². The van der Waals surface area contributed by atoms with E-state index < -0.39 is 5.41 Å². The van der Waals surface area contributed by atoms with Crippen molar-refractivity contribution in [3.8, 4) is 0 Å². The number of nitrogens with two attached hydrogens (primary N) is 1. The van der Waals surface area contributed by atoms with Gasteiger partial charge in [0.25, 0.3) is 0 Å². The number of aliphatic imine (C=N–C) groups is 1. The van der Waals surface area contributed by atoms with E-state index in [0.717, 1.165) is 29.7 Å². The Hall–Kier alpha value is -2.80. The third kappa shape index (κ3) is 3.17. The van der Waals surface area contributed by atoms with E-state index in [2.05, 4.69) is 10.3 Å². The zero-order chi connectivity index (χ0) is 20.9. The van der Waals surface area contributed by atoms with Crippen LogP contribution >= 0.6 is 23.2 Å². The predicted molar refractivity (Wildman–Crippen MR) is 119 cm³/mol. The maximum Gasteiger partial charge on any atom is 0.235 e. The molecule has 0 saturated heterocycles. The van der Waals surface area contributed by atoms with Crippen molar-refractivity contribution < 1.29 is 9.21 Å². The molecule has 1 unspecified atom stereocenters. The summed E-state index contributed by atoms with van der Waals surface area (Å²) in [5, 5.41) is 3.95. The number of hydrogen-bond acceptors (Lipinski definition) is 5. The molecular formula is C22H18Cl2N4O2. The second-order valence-corrected chi connectivity index (χ2v) is 8.30. The lowest BCUT2D eigenvalue weighted by molar-refractivity contribution is -0.118. The van der Waals surface area contributed by atoms with Crippen LogP contribution in [-0.4, -0.2) is 12.2 Å². The molecule has 0 spiro atoms. The Balaban J connectivity index is 1.32. The van der Waals surface area contributed by atoms with Crippen molar-refractivity contribution in [3.63, 3.8) is 0 Å². The fourth-order valence-corrected chi connectivity index (χ4v) is 4.04. The van der Waals surface area contributed by atoms with Gasteiger partial charge in [-0.25, -0.2) is 4.99 Å². The number of nitrogens with zero attached hydrogens (tertiary/aromatic N) is 2. The third-order valence-corrected chi connectivity index (χ3v) is 6.41. The van der Waals surface area contributed by atoms with Crippen LogP contribution in [0.15, 0.2) is 64.2 Å². The summed E-state index contributed by atoms with van der Waals surface area (Å²) >= 11 is 12.2. The third-order valence-electron chi connectivity index (χ3n) is 5.67. The fraction of sp³-hybridized carbons (Fsp3) is 0.182. The fourth-order valence-electron chi connectivity index (χ4n) is 3.74. The maximum absolute atomic E-state index is 13.0. The Kier molecular flexibility index (Phi) is 4.58. The quantitative estimate of drug-likeness (QED) is 0.568. The first-order valence-corrected chi connectivity index (χ1v) is 10.3. The highest BCUT2D eigenvalue weighted by Gasteiger charge is 2.51. The summed E-state index contributed by atoms with van der Waals surface area (Å²) < 4.78 is 5.29. The minimum Gasteiger partial charge on any atom is -0.446 e. The summed E-state index contributed by atoms with van der Waals surface area (Å²) in [5.41, 5.74) is 9.06. The Morgan fingerprint density at radius 2 is 1.90 bits per heavy atom. The summed E-state index contributed by atoms with van der Waals surface area (Å²) in [6, 6.07) is 14.7. The molecule has 3 N–H and O–H groups in total. The lowest BCUT2D eigenvalue weighted by Gasteiger charge is -2.29. The molecule has 0 bridgehead atoms. The van der Waals surface area contributed by atoms with Crippen LogP contribution in [0.2, 0.25) is 10.0 Å². The topological polar surface area (TPSA) is 83.9 Å². The SMILES string of the molecule is NC1c2ccoc2N=CN1c1ccc(NC(=O)C2(c3ccc(Cl)c(Cl)c3)CC2)cc1. The number of hydrogen-bond donors (Lipinski definition) is 2. The highest BCUT2D eigenvalue weighted by molar-refractivity contribution is 6.42. The Morgan fingerprint density at radius 1 is 1.13 bits per heavy atom. The summed E-state index contributed by atoms with van der Waals surface area (Å²) in [5.74, 6) is 0.479. The molecule has 2 heterocycles. The number of nitrogens with one attached hydrogen (secondary N) is 1. The molecule has 1 atom stereocenters. The molecule has 3 aromatic rings. The first-order valence-electron chi connectivity index (χ1n) is 9.50. The molecule has 1 aromatic heterocycles. The van der Waals surface area contributed by atoms with Gasteiger partial charge in [0.1, 0.15) is 12.5 Å². The van der Waals surface area contributed by atoms with Gasteiger partial charge in [-0.3, -0.25) is 4.79 Å². The molecule has 152 valence electrons. The number of benzene rings is 2. The normalized spacial score (nSPS) is 18.8. The summed E-state index contributed by atoms with van der Waals surface area (Å²) in [6.07, 6.45) is 4.39. The lowest BCUT2D eigenvalue weighted by Crippen LogP contribution is -2.35. The summed E-state index contributed by atoms with van der Waals surface area (Å²) in [7, 11) is 0. The molecular weight excluding hydrogens is 423 g/mol. The molecule has 1 fully saturated rings. The second-order valence-electron chi connectivity index (χ2n) is 7.49. The van der Waals surface area contributed by atoms with Crippen LogP contribution in [0.3, 0.4) is 0 Å². The van der Waals surface area contributed by atoms with Crippen molar-refractivity contribution in [2.45, 2.75) is 24.4 Å². The number of carbonyl (C=O) groups is 1. The van der Waals surface area contributed by atoms with Crippen LogP contribution in [0.25, 0.3) is 0 Å². The number of carbonyl (C=O) groups excluding carboxylic acids is 1. The van der Waals surface area contributed by atoms with Crippen molar-refractivity contribution in [1.29, 1.82) is 0 Å². The van der Waals surface area contributed by atoms with E-state index in [1.54, 1.807) is 24.7 Å². The van der Waals surface area contributed by atoms with E-state index in [0.29, 0.717) is 21.6 Å². The van der Waals surface area contributed by atoms with Crippen LogP contribution in [-0.2, 0) is 10.2 Å². The van der Waals surface area contributed by atoms with E-state index in [4.69, 9.17) is 33.4 Å². The van der Waals surface area contributed by atoms with Crippen molar-refractivity contribution in [2.75, 3.05) is 10.2 Å². The zero-order valence-electron chi connectivity index (χ0n) is 15.8. The standard InChI is InChI=1S/C22H18Cl2N4O2/c23-17-6-1-13(11-18(17)24)22(8-9-22)21(29)27-14-2-4-15(5-3-14)28-12-26-20-16(19(28)25)7-10-30-20/h1-7,10-12,19H,8-9,25H2,(H,27,29). The minimum atomic E-state index is -0.549. The monoisotopic (exact) mass is 440 g/mol. The second kappa shape index (κ2) is 7.16. The Morgan fingerprint density at radius 3 is 2.60 bits per heavy atom. The molecule has 5 rings (SSSR count). The van der Waals surface area contributed by atoms with E-state index in [-0.39, 0.29) is 12.1 Å². The van der Waals surface area contributed by atoms with Gasteiger partial charge in [0.2, 0.25) is 11.8 Å². The highest BCUT2D eigenvalue weighted by Crippen LogP contribution is 2.50. The average Bonchev–Trinajstić information content (AvgIpc) is 3.42. The van der Waals surface area contributed by atoms with Gasteiger partial charge in [0, 0.05) is 11.4 Å². The molecule has 2 aliphatic rings. The molecule has 1 aliphatic heterocycles. The van der Waals surface area contributed by atoms with E-state index >= 15 is 0 Å². The first-order chi connectivity index (χ1) is 14.5. The van der Waals surface area contributed by atoms with Crippen molar-refractivity contribution in [1.82, 2.24) is 0 Å². The predicted octanol–water partition coefficient (Wildman–Crippen LogP) is 5.39. The first kappa shape index (κ1) is 19.2. The van der Waals surface area contributed by atoms with E-state index in [9.17, 15) is 4.79 Å². The van der Waals surface area contributed by atoms with Gasteiger partial charge >= 0.3 is 0 Å². The molecule has 8 heteroatoms. The zero-order valence-corrected chi connectivity index (χ0v) is 17.3. The number of amides is 1. The lowest BCUT2D eigenvalue weighted by atomic mass is 9.95. The number of fused-ring (bicyclic) bond motifs is 1. The molecule has 6 nitrogen and oxygen atoms in total. The molecule has 2 aromatic carbocycles.